The second-order valence-electron chi connectivity index (χ2n) is 4.42. The van der Waals surface area contributed by atoms with E-state index < -0.39 is 0 Å². The Morgan fingerprint density at radius 2 is 1.75 bits per heavy atom. The van der Waals surface area contributed by atoms with Gasteiger partial charge in [0.15, 0.2) is 5.78 Å². The summed E-state index contributed by atoms with van der Waals surface area (Å²) >= 11 is 0. The molecule has 0 radical (unpaired) electrons. The lowest BCUT2D eigenvalue weighted by Gasteiger charge is -2.06. The summed E-state index contributed by atoms with van der Waals surface area (Å²) in [5.41, 5.74) is 2.00. The molecule has 0 amide bonds. The maximum absolute atomic E-state index is 11.7. The molecule has 0 N–H and O–H groups in total. The normalized spacial score (nSPS) is 11.1. The Kier molecular flexibility index (Phi) is 4.29. The summed E-state index contributed by atoms with van der Waals surface area (Å²) in [6.07, 6.45) is 3.35. The molecule has 0 aliphatic carbocycles. The number of hydrogen-bond acceptors (Lipinski definition) is 2. The Morgan fingerprint density at radius 1 is 1.19 bits per heavy atom. The molecular weight excluding hydrogens is 198 g/mol. The van der Waals surface area contributed by atoms with E-state index >= 15 is 0 Å². The molecule has 86 valence electrons. The van der Waals surface area contributed by atoms with Crippen LogP contribution in [0, 0.1) is 0 Å². The number of rotatable bonds is 4. The van der Waals surface area contributed by atoms with E-state index in [-0.39, 0.29) is 5.78 Å². The average Bonchev–Trinajstić information content (AvgIpc) is 2.26. The van der Waals surface area contributed by atoms with Crippen LogP contribution in [0.5, 0.6) is 0 Å². The number of nitrogens with zero attached hydrogens (tertiary/aromatic N) is 1. The third-order valence-electron chi connectivity index (χ3n) is 2.39. The summed E-state index contributed by atoms with van der Waals surface area (Å²) in [5.74, 6) is 0.547. The highest BCUT2D eigenvalue weighted by molar-refractivity contribution is 6.04. The van der Waals surface area contributed by atoms with Gasteiger partial charge >= 0.3 is 0 Å². The zero-order valence-electron chi connectivity index (χ0n) is 10.4. The molecule has 0 bridgehead atoms. The first kappa shape index (κ1) is 12.5. The Morgan fingerprint density at radius 3 is 2.19 bits per heavy atom. The van der Waals surface area contributed by atoms with Gasteiger partial charge in [0.2, 0.25) is 0 Å². The first-order chi connectivity index (χ1) is 7.50. The van der Waals surface area contributed by atoms with Gasteiger partial charge in [-0.15, -0.1) is 0 Å². The molecule has 1 aromatic rings. The van der Waals surface area contributed by atoms with Crippen LogP contribution in [0.1, 0.15) is 35.7 Å². The predicted octanol–water partition coefficient (Wildman–Crippen LogP) is 3.07. The molecule has 0 aliphatic heterocycles. The first-order valence-corrected chi connectivity index (χ1v) is 5.49. The number of ketones is 1. The number of carbonyl (C=O) groups excluding carboxylic acids is 1. The second kappa shape index (κ2) is 5.50. The quantitative estimate of drug-likeness (QED) is 0.570. The van der Waals surface area contributed by atoms with Crippen molar-refractivity contribution in [1.82, 2.24) is 4.90 Å². The fourth-order valence-electron chi connectivity index (χ4n) is 1.35. The standard InChI is InChI=1S/C14H19NO/c1-11(2)12-5-7-13(8-6-12)14(16)9-10-15(3)4/h5-11H,1-4H3/b10-9+. The van der Waals surface area contributed by atoms with Crippen LogP contribution in [0.15, 0.2) is 36.5 Å². The molecule has 1 rings (SSSR count). The van der Waals surface area contributed by atoms with E-state index in [1.807, 2.05) is 43.3 Å². The van der Waals surface area contributed by atoms with E-state index in [0.29, 0.717) is 5.92 Å². The number of allylic oxidation sites excluding steroid dienone is 1. The monoisotopic (exact) mass is 217 g/mol. The van der Waals surface area contributed by atoms with Crippen molar-refractivity contribution in [1.29, 1.82) is 0 Å². The highest BCUT2D eigenvalue weighted by Crippen LogP contribution is 2.15. The van der Waals surface area contributed by atoms with Crippen LogP contribution >= 0.6 is 0 Å². The van der Waals surface area contributed by atoms with Crippen LogP contribution in [0.2, 0.25) is 0 Å². The highest BCUT2D eigenvalue weighted by Gasteiger charge is 2.03. The molecule has 0 fully saturated rings. The third kappa shape index (κ3) is 3.54. The number of benzene rings is 1. The van der Waals surface area contributed by atoms with Crippen molar-refractivity contribution in [2.24, 2.45) is 0 Å². The van der Waals surface area contributed by atoms with Gasteiger partial charge in [0.05, 0.1) is 0 Å². The molecule has 0 spiro atoms. The van der Waals surface area contributed by atoms with Crippen LogP contribution in [0.25, 0.3) is 0 Å². The second-order valence-corrected chi connectivity index (χ2v) is 4.42. The van der Waals surface area contributed by atoms with E-state index in [9.17, 15) is 4.79 Å². The number of hydrogen-bond donors (Lipinski definition) is 0. The fraction of sp³-hybridized carbons (Fsp3) is 0.357. The van der Waals surface area contributed by atoms with Crippen LogP contribution in [-0.4, -0.2) is 24.8 Å². The van der Waals surface area contributed by atoms with Crippen molar-refractivity contribution in [3.05, 3.63) is 47.7 Å². The van der Waals surface area contributed by atoms with Gasteiger partial charge in [0.1, 0.15) is 0 Å². The van der Waals surface area contributed by atoms with E-state index in [1.54, 1.807) is 12.3 Å². The highest BCUT2D eigenvalue weighted by atomic mass is 16.1. The van der Waals surface area contributed by atoms with Gasteiger partial charge < -0.3 is 4.90 Å². The third-order valence-corrected chi connectivity index (χ3v) is 2.39. The van der Waals surface area contributed by atoms with Crippen molar-refractivity contribution in [2.75, 3.05) is 14.1 Å². The fourth-order valence-corrected chi connectivity index (χ4v) is 1.35. The van der Waals surface area contributed by atoms with Gasteiger partial charge in [-0.25, -0.2) is 0 Å². The summed E-state index contributed by atoms with van der Waals surface area (Å²) < 4.78 is 0. The van der Waals surface area contributed by atoms with Gasteiger partial charge in [0, 0.05) is 31.9 Å². The summed E-state index contributed by atoms with van der Waals surface area (Å²) in [7, 11) is 3.79. The van der Waals surface area contributed by atoms with Gasteiger partial charge in [-0.05, 0) is 11.5 Å². The number of carbonyl (C=O) groups is 1. The van der Waals surface area contributed by atoms with Crippen LogP contribution in [0.3, 0.4) is 0 Å². The van der Waals surface area contributed by atoms with Crippen LogP contribution in [0.4, 0.5) is 0 Å². The Balaban J connectivity index is 2.78. The Labute approximate surface area is 97.6 Å². The molecule has 0 heterocycles. The van der Waals surface area contributed by atoms with Crippen LogP contribution in [-0.2, 0) is 0 Å². The molecule has 16 heavy (non-hydrogen) atoms. The topological polar surface area (TPSA) is 20.3 Å². The van der Waals surface area contributed by atoms with Gasteiger partial charge in [-0.3, -0.25) is 4.79 Å². The lowest BCUT2D eigenvalue weighted by atomic mass is 10.0. The van der Waals surface area contributed by atoms with Crippen molar-refractivity contribution in [2.45, 2.75) is 19.8 Å². The zero-order valence-corrected chi connectivity index (χ0v) is 10.4. The molecule has 2 heteroatoms. The Hall–Kier alpha value is -1.57. The molecule has 0 saturated heterocycles. The molecule has 2 nitrogen and oxygen atoms in total. The minimum absolute atomic E-state index is 0.0454. The van der Waals surface area contributed by atoms with Gasteiger partial charge in [-0.1, -0.05) is 38.1 Å². The summed E-state index contributed by atoms with van der Waals surface area (Å²) in [5, 5.41) is 0. The minimum atomic E-state index is 0.0454. The van der Waals surface area contributed by atoms with Gasteiger partial charge in [-0.2, -0.15) is 0 Å². The van der Waals surface area contributed by atoms with Crippen molar-refractivity contribution < 1.29 is 4.79 Å². The van der Waals surface area contributed by atoms with Gasteiger partial charge in [0.25, 0.3) is 0 Å². The summed E-state index contributed by atoms with van der Waals surface area (Å²) in [4.78, 5) is 13.6. The lowest BCUT2D eigenvalue weighted by molar-refractivity contribution is 0.104. The SMILES string of the molecule is CC(C)c1ccc(C(=O)/C=C/N(C)C)cc1. The van der Waals surface area contributed by atoms with Crippen molar-refractivity contribution in [3.8, 4) is 0 Å². The molecule has 0 atom stereocenters. The first-order valence-electron chi connectivity index (χ1n) is 5.49. The summed E-state index contributed by atoms with van der Waals surface area (Å²) in [6, 6.07) is 7.80. The van der Waals surface area contributed by atoms with E-state index in [4.69, 9.17) is 0 Å². The van der Waals surface area contributed by atoms with E-state index in [0.717, 1.165) is 5.56 Å². The molecular formula is C14H19NO. The van der Waals surface area contributed by atoms with Crippen molar-refractivity contribution >= 4 is 5.78 Å². The van der Waals surface area contributed by atoms with E-state index in [1.165, 1.54) is 5.56 Å². The largest absolute Gasteiger partial charge is 0.383 e. The smallest absolute Gasteiger partial charge is 0.187 e. The average molecular weight is 217 g/mol. The maximum atomic E-state index is 11.7. The van der Waals surface area contributed by atoms with Crippen LogP contribution < -0.4 is 0 Å². The maximum Gasteiger partial charge on any atom is 0.187 e. The summed E-state index contributed by atoms with van der Waals surface area (Å²) in [6.45, 7) is 4.28. The predicted molar refractivity (Wildman–Crippen MR) is 67.7 cm³/mol. The minimum Gasteiger partial charge on any atom is -0.383 e. The molecule has 0 aromatic heterocycles. The Bertz CT molecular complexity index is 374. The molecule has 0 aliphatic rings. The zero-order chi connectivity index (χ0) is 12.1. The van der Waals surface area contributed by atoms with E-state index in [2.05, 4.69) is 13.8 Å². The molecule has 0 saturated carbocycles. The van der Waals surface area contributed by atoms with Crippen molar-refractivity contribution in [3.63, 3.8) is 0 Å². The molecule has 0 unspecified atom stereocenters. The molecule has 1 aromatic carbocycles. The lowest BCUT2D eigenvalue weighted by Crippen LogP contribution is -2.03.